The number of aliphatic hydroxyl groups excluding tert-OH is 1. The van der Waals surface area contributed by atoms with Crippen molar-refractivity contribution in [2.24, 2.45) is 0 Å². The summed E-state index contributed by atoms with van der Waals surface area (Å²) in [6.45, 7) is 0.873. The third-order valence-corrected chi connectivity index (χ3v) is 6.47. The largest absolute Gasteiger partial charge is 0.497 e. The summed E-state index contributed by atoms with van der Waals surface area (Å²) in [5.74, 6) is 1.73. The zero-order valence-corrected chi connectivity index (χ0v) is 20.5. The van der Waals surface area contributed by atoms with Crippen LogP contribution in [-0.4, -0.2) is 74.2 Å². The van der Waals surface area contributed by atoms with Gasteiger partial charge in [0, 0.05) is 6.54 Å². The zero-order chi connectivity index (χ0) is 26.4. The number of hydrogen-bond acceptors (Lipinski definition) is 7. The molecule has 4 rings (SSSR count). The van der Waals surface area contributed by atoms with Crippen molar-refractivity contribution in [1.29, 1.82) is 0 Å². The topological polar surface area (TPSA) is 89.5 Å². The van der Waals surface area contributed by atoms with Crippen LogP contribution < -0.4 is 24.3 Å². The van der Waals surface area contributed by atoms with Crippen molar-refractivity contribution in [3.05, 3.63) is 48.0 Å². The van der Waals surface area contributed by atoms with Gasteiger partial charge < -0.3 is 29.4 Å². The summed E-state index contributed by atoms with van der Waals surface area (Å²) in [5.41, 5.74) is 0.409. The maximum absolute atomic E-state index is 13.6. The monoisotopic (exact) mass is 524 g/mol. The molecule has 1 unspecified atom stereocenters. The number of amides is 1. The number of hydrogen-bond donors (Lipinski definition) is 2. The number of aliphatic hydroxyl groups is 1. The van der Waals surface area contributed by atoms with Gasteiger partial charge in [-0.15, -0.1) is 0 Å². The van der Waals surface area contributed by atoms with Gasteiger partial charge in [0.25, 0.3) is 0 Å². The molecule has 202 valence electrons. The number of nitrogens with zero attached hydrogens (tertiary/aromatic N) is 1. The number of ether oxygens (including phenoxy) is 4. The Labute approximate surface area is 213 Å². The average molecular weight is 525 g/mol. The molecule has 2 aromatic rings. The number of alkyl halides is 3. The molecule has 1 saturated heterocycles. The second-order valence-electron chi connectivity index (χ2n) is 8.99. The summed E-state index contributed by atoms with van der Waals surface area (Å²) < 4.78 is 62.5. The van der Waals surface area contributed by atoms with E-state index < -0.39 is 30.3 Å². The zero-order valence-electron chi connectivity index (χ0n) is 20.5. The van der Waals surface area contributed by atoms with Crippen molar-refractivity contribution in [3.63, 3.8) is 0 Å². The standard InChI is InChI=1S/C26H31F3N2O6/c1-34-18-5-7-19(8-6-18)35-12-10-24(32)30-20(16-31-11-2-3-23(31)26(27,28)29)25(33)17-4-9-21-22(15-17)37-14-13-36-21/h4-9,15,20,23,25,33H,2-3,10-14,16H2,1H3,(H,30,32)/t20-,23+,25?/m1/s1. The molecule has 2 heterocycles. The lowest BCUT2D eigenvalue weighted by Crippen LogP contribution is -2.51. The molecule has 0 saturated carbocycles. The molecule has 2 N–H and O–H groups in total. The van der Waals surface area contributed by atoms with Crippen molar-refractivity contribution in [1.82, 2.24) is 10.2 Å². The van der Waals surface area contributed by atoms with Gasteiger partial charge in [-0.1, -0.05) is 6.07 Å². The van der Waals surface area contributed by atoms with E-state index in [1.807, 2.05) is 0 Å². The van der Waals surface area contributed by atoms with Crippen LogP contribution >= 0.6 is 0 Å². The molecule has 2 aliphatic heterocycles. The van der Waals surface area contributed by atoms with Gasteiger partial charge >= 0.3 is 6.18 Å². The highest BCUT2D eigenvalue weighted by Gasteiger charge is 2.46. The fourth-order valence-corrected chi connectivity index (χ4v) is 4.58. The lowest BCUT2D eigenvalue weighted by molar-refractivity contribution is -0.177. The molecule has 0 spiro atoms. The van der Waals surface area contributed by atoms with Crippen LogP contribution in [0.3, 0.4) is 0 Å². The second-order valence-corrected chi connectivity index (χ2v) is 8.99. The lowest BCUT2D eigenvalue weighted by atomic mass is 10.00. The summed E-state index contributed by atoms with van der Waals surface area (Å²) in [4.78, 5) is 14.0. The minimum atomic E-state index is -4.39. The first-order valence-corrected chi connectivity index (χ1v) is 12.2. The van der Waals surface area contributed by atoms with Crippen LogP contribution in [0.15, 0.2) is 42.5 Å². The Morgan fingerprint density at radius 1 is 1.14 bits per heavy atom. The molecule has 2 aromatic carbocycles. The number of likely N-dealkylation sites (tertiary alicyclic amines) is 1. The normalized spacial score (nSPS) is 19.2. The maximum atomic E-state index is 13.6. The van der Waals surface area contributed by atoms with Crippen LogP contribution in [0.25, 0.3) is 0 Å². The van der Waals surface area contributed by atoms with E-state index in [0.29, 0.717) is 48.2 Å². The molecule has 0 radical (unpaired) electrons. The molecule has 2 aliphatic rings. The minimum Gasteiger partial charge on any atom is -0.497 e. The van der Waals surface area contributed by atoms with Gasteiger partial charge in [0.15, 0.2) is 11.5 Å². The van der Waals surface area contributed by atoms with Gasteiger partial charge in [-0.05, 0) is 61.3 Å². The molecular formula is C26H31F3N2O6. The SMILES string of the molecule is COc1ccc(OCCC(=O)N[C@H](CN2CCC[C@H]2C(F)(F)F)C(O)c2ccc3c(c2)OCCO3)cc1. The van der Waals surface area contributed by atoms with Crippen molar-refractivity contribution in [2.45, 2.75) is 43.6 Å². The molecule has 1 amide bonds. The number of rotatable bonds is 10. The second kappa shape index (κ2) is 11.9. The van der Waals surface area contributed by atoms with E-state index in [0.717, 1.165) is 0 Å². The number of carbonyl (C=O) groups is 1. The van der Waals surface area contributed by atoms with Crippen LogP contribution in [-0.2, 0) is 4.79 Å². The van der Waals surface area contributed by atoms with Gasteiger partial charge in [-0.3, -0.25) is 9.69 Å². The maximum Gasteiger partial charge on any atom is 0.404 e. The van der Waals surface area contributed by atoms with Gasteiger partial charge in [0.05, 0.1) is 26.2 Å². The molecule has 1 fully saturated rings. The van der Waals surface area contributed by atoms with E-state index in [9.17, 15) is 23.1 Å². The van der Waals surface area contributed by atoms with E-state index in [1.165, 1.54) is 4.90 Å². The first-order valence-electron chi connectivity index (χ1n) is 12.2. The van der Waals surface area contributed by atoms with Gasteiger partial charge in [-0.25, -0.2) is 0 Å². The third kappa shape index (κ3) is 6.98. The Balaban J connectivity index is 1.43. The third-order valence-electron chi connectivity index (χ3n) is 6.47. The molecule has 3 atom stereocenters. The minimum absolute atomic E-state index is 0.0139. The molecule has 37 heavy (non-hydrogen) atoms. The number of fused-ring (bicyclic) bond motifs is 1. The fraction of sp³-hybridized carbons (Fsp3) is 0.500. The van der Waals surface area contributed by atoms with E-state index >= 15 is 0 Å². The van der Waals surface area contributed by atoms with Crippen LogP contribution in [0.5, 0.6) is 23.0 Å². The van der Waals surface area contributed by atoms with Crippen molar-refractivity contribution >= 4 is 5.91 Å². The van der Waals surface area contributed by atoms with E-state index in [1.54, 1.807) is 49.6 Å². The van der Waals surface area contributed by atoms with Crippen LogP contribution in [0.4, 0.5) is 13.2 Å². The summed E-state index contributed by atoms with van der Waals surface area (Å²) in [5, 5.41) is 13.9. The van der Waals surface area contributed by atoms with Gasteiger partial charge in [-0.2, -0.15) is 13.2 Å². The molecule has 0 bridgehead atoms. The van der Waals surface area contributed by atoms with E-state index in [-0.39, 0.29) is 32.5 Å². The molecule has 0 aliphatic carbocycles. The lowest BCUT2D eigenvalue weighted by Gasteiger charge is -2.33. The summed E-state index contributed by atoms with van der Waals surface area (Å²) in [6, 6.07) is 9.11. The van der Waals surface area contributed by atoms with Crippen LogP contribution in [0.1, 0.15) is 30.9 Å². The number of carbonyl (C=O) groups excluding carboxylic acids is 1. The quantitative estimate of drug-likeness (QED) is 0.492. The van der Waals surface area contributed by atoms with Crippen molar-refractivity contribution in [3.8, 4) is 23.0 Å². The smallest absolute Gasteiger partial charge is 0.404 e. The van der Waals surface area contributed by atoms with Crippen LogP contribution in [0, 0.1) is 0 Å². The molecule has 8 nitrogen and oxygen atoms in total. The predicted octanol–water partition coefficient (Wildman–Crippen LogP) is 3.48. The number of benzene rings is 2. The number of nitrogens with one attached hydrogen (secondary N) is 1. The number of halogens is 3. The Morgan fingerprint density at radius 2 is 1.84 bits per heavy atom. The molecule has 11 heteroatoms. The van der Waals surface area contributed by atoms with E-state index in [4.69, 9.17) is 18.9 Å². The van der Waals surface area contributed by atoms with Crippen LogP contribution in [0.2, 0.25) is 0 Å². The predicted molar refractivity (Wildman–Crippen MR) is 128 cm³/mol. The van der Waals surface area contributed by atoms with Crippen molar-refractivity contribution < 1.29 is 42.0 Å². The summed E-state index contributed by atoms with van der Waals surface area (Å²) >= 11 is 0. The highest BCUT2D eigenvalue weighted by Crippen LogP contribution is 2.36. The highest BCUT2D eigenvalue weighted by atomic mass is 19.4. The van der Waals surface area contributed by atoms with Gasteiger partial charge in [0.2, 0.25) is 5.91 Å². The fourth-order valence-electron chi connectivity index (χ4n) is 4.58. The Morgan fingerprint density at radius 3 is 2.54 bits per heavy atom. The first kappa shape index (κ1) is 26.9. The Bertz CT molecular complexity index is 1050. The first-order chi connectivity index (χ1) is 17.7. The summed E-state index contributed by atoms with van der Waals surface area (Å²) in [6.07, 6.45) is -5.32. The van der Waals surface area contributed by atoms with Gasteiger partial charge in [0.1, 0.15) is 36.9 Å². The summed E-state index contributed by atoms with van der Waals surface area (Å²) in [7, 11) is 1.55. The average Bonchev–Trinajstić information content (AvgIpc) is 3.37. The molecule has 0 aromatic heterocycles. The van der Waals surface area contributed by atoms with E-state index in [2.05, 4.69) is 5.32 Å². The van der Waals surface area contributed by atoms with Crippen molar-refractivity contribution in [2.75, 3.05) is 40.0 Å². The Kier molecular flexibility index (Phi) is 8.65. The highest BCUT2D eigenvalue weighted by molar-refractivity contribution is 5.76. The number of methoxy groups -OCH3 is 1. The Hall–Kier alpha value is -3.18. The molecular weight excluding hydrogens is 493 g/mol.